The molecule has 0 spiro atoms. The number of hydrogen-bond acceptors (Lipinski definition) is 4. The molecule has 5 rings (SSSR count). The third-order valence-corrected chi connectivity index (χ3v) is 7.74. The van der Waals surface area contributed by atoms with Crippen LogP contribution in [0, 0.1) is 82.3 Å². The van der Waals surface area contributed by atoms with Gasteiger partial charge in [-0.2, -0.15) is 10.5 Å². The molecule has 0 fully saturated rings. The molecule has 22 heteroatoms. The zero-order valence-corrected chi connectivity index (χ0v) is 25.1. The Morgan fingerprint density at radius 1 is 0.593 bits per heavy atom. The zero-order valence-electron chi connectivity index (χ0n) is 25.1. The number of hydrogen-bond donors (Lipinski definition) is 0. The highest BCUT2D eigenvalue weighted by atomic mass is 19.4. The van der Waals surface area contributed by atoms with Gasteiger partial charge in [0.15, 0.2) is 34.9 Å². The standard InChI is InChI=1S/C32H4F16N4O2/c1-51-27(16-23(39)25(41)28(52-2)26(42)24(16)40)10-4-9-15(18(10)34)29(53-31(43,44)45)8-3-7(17(33)14(8)30(9)54-32(46,47)48)11(5-49)13-21(37)19(35)12(6-50)20(36)22(13)38/h3-4H2/b11-7+,27-10-. The van der Waals surface area contributed by atoms with Crippen LogP contribution in [0.3, 0.4) is 0 Å². The first-order valence-corrected chi connectivity index (χ1v) is 13.6. The van der Waals surface area contributed by atoms with E-state index in [1.807, 2.05) is 0 Å². The maximum Gasteiger partial charge on any atom is 0.573 e. The molecule has 0 saturated carbocycles. The van der Waals surface area contributed by atoms with Crippen LogP contribution in [-0.4, -0.2) is 12.7 Å². The van der Waals surface area contributed by atoms with E-state index in [1.165, 1.54) is 0 Å². The van der Waals surface area contributed by atoms with Gasteiger partial charge >= 0.3 is 12.7 Å². The van der Waals surface area contributed by atoms with Crippen molar-refractivity contribution in [1.29, 1.82) is 10.5 Å². The lowest BCUT2D eigenvalue weighted by molar-refractivity contribution is -0.277. The maximum atomic E-state index is 16.3. The second-order valence-corrected chi connectivity index (χ2v) is 10.6. The van der Waals surface area contributed by atoms with E-state index in [0.717, 1.165) is 12.1 Å². The van der Waals surface area contributed by atoms with Crippen molar-refractivity contribution in [2.75, 3.05) is 0 Å². The summed E-state index contributed by atoms with van der Waals surface area (Å²) in [7, 11) is 0. The van der Waals surface area contributed by atoms with E-state index in [2.05, 4.69) is 19.2 Å². The quantitative estimate of drug-likeness (QED) is 0.115. The van der Waals surface area contributed by atoms with Crippen LogP contribution in [0.15, 0.2) is 11.1 Å². The summed E-state index contributed by atoms with van der Waals surface area (Å²) >= 11 is 0. The monoisotopic (exact) mass is 780 g/mol. The van der Waals surface area contributed by atoms with Gasteiger partial charge in [0.05, 0.1) is 40.3 Å². The maximum absolute atomic E-state index is 16.3. The SMILES string of the molecule is [C-]#[N+]/C(=C1/Cc2c(OC(F)(F)F)c3c(c(OC(F)(F)F)c2=C1F)C/C(=C(/C#N)c1c(F)c(F)c(C#N)c(F)c1F)C=3F)c1c(F)c(F)c([N+]#[C-])c(F)c1F. The summed E-state index contributed by atoms with van der Waals surface area (Å²) in [6.45, 7) is 14.0. The Hall–Kier alpha value is -6.68. The van der Waals surface area contributed by atoms with Crippen molar-refractivity contribution in [3.05, 3.63) is 119 Å². The molecule has 2 aliphatic rings. The fourth-order valence-corrected chi connectivity index (χ4v) is 5.68. The van der Waals surface area contributed by atoms with Crippen LogP contribution in [0.5, 0.6) is 11.5 Å². The van der Waals surface area contributed by atoms with E-state index in [-0.39, 0.29) is 0 Å². The number of allylic oxidation sites excluding steroid dienone is 3. The minimum atomic E-state index is -6.00. The largest absolute Gasteiger partial charge is 0.573 e. The number of nitriles is 2. The molecule has 0 bridgehead atoms. The van der Waals surface area contributed by atoms with E-state index in [0.29, 0.717) is 0 Å². The molecule has 0 unspecified atom stereocenters. The second-order valence-electron chi connectivity index (χ2n) is 10.6. The number of nitrogens with zero attached hydrogens (tertiary/aromatic N) is 4. The van der Waals surface area contributed by atoms with Gasteiger partial charge in [-0.15, -0.1) is 26.3 Å². The first-order chi connectivity index (χ1) is 25.1. The third kappa shape index (κ3) is 5.85. The average molecular weight is 780 g/mol. The Labute approximate surface area is 287 Å². The molecule has 6 nitrogen and oxygen atoms in total. The molecule has 0 N–H and O–H groups in total. The summed E-state index contributed by atoms with van der Waals surface area (Å²) in [6.07, 6.45) is -15.5. The molecule has 0 atom stereocenters. The van der Waals surface area contributed by atoms with E-state index >= 15 is 8.78 Å². The number of rotatable bonds is 4. The van der Waals surface area contributed by atoms with E-state index in [9.17, 15) is 66.7 Å². The van der Waals surface area contributed by atoms with Crippen LogP contribution in [-0.2, 0) is 12.8 Å². The van der Waals surface area contributed by atoms with E-state index < -0.39 is 162 Å². The number of ether oxygens (including phenoxy) is 2. The van der Waals surface area contributed by atoms with Crippen molar-refractivity contribution >= 4 is 28.6 Å². The van der Waals surface area contributed by atoms with Gasteiger partial charge < -0.3 is 9.47 Å². The highest BCUT2D eigenvalue weighted by Gasteiger charge is 2.44. The van der Waals surface area contributed by atoms with Gasteiger partial charge in [-0.25, -0.2) is 53.6 Å². The first kappa shape index (κ1) is 38.5. The lowest BCUT2D eigenvalue weighted by Gasteiger charge is -2.18. The van der Waals surface area contributed by atoms with Crippen molar-refractivity contribution in [3.8, 4) is 23.6 Å². The van der Waals surface area contributed by atoms with Crippen molar-refractivity contribution in [2.45, 2.75) is 25.6 Å². The lowest BCUT2D eigenvalue weighted by atomic mass is 9.96. The van der Waals surface area contributed by atoms with Crippen LogP contribution in [0.4, 0.5) is 75.9 Å². The predicted octanol–water partition coefficient (Wildman–Crippen LogP) is 8.59. The minimum Gasteiger partial charge on any atom is -0.405 e. The van der Waals surface area contributed by atoms with Crippen LogP contribution in [0.25, 0.3) is 32.6 Å². The highest BCUT2D eigenvalue weighted by Crippen LogP contribution is 2.45. The summed E-state index contributed by atoms with van der Waals surface area (Å²) < 4.78 is 240. The molecule has 276 valence electrons. The van der Waals surface area contributed by atoms with Crippen molar-refractivity contribution in [1.82, 2.24) is 0 Å². The topological polar surface area (TPSA) is 74.8 Å². The van der Waals surface area contributed by atoms with Gasteiger partial charge in [-0.05, 0) is 12.0 Å². The number of alkyl halides is 6. The van der Waals surface area contributed by atoms with Crippen LogP contribution in [0.2, 0.25) is 0 Å². The second kappa shape index (κ2) is 13.1. The van der Waals surface area contributed by atoms with Crippen molar-refractivity contribution in [2.24, 2.45) is 0 Å². The van der Waals surface area contributed by atoms with Crippen molar-refractivity contribution < 1.29 is 79.7 Å². The minimum absolute atomic E-state index is 0.748. The van der Waals surface area contributed by atoms with Gasteiger partial charge in [0, 0.05) is 23.1 Å². The number of fused-ring (bicyclic) bond motifs is 2. The molecule has 0 aliphatic heterocycles. The Morgan fingerprint density at radius 3 is 1.37 bits per heavy atom. The molecular weight excluding hydrogens is 776 g/mol. The normalized spacial score (nSPS) is 15.6. The molecule has 0 aromatic heterocycles. The van der Waals surface area contributed by atoms with E-state index in [1.54, 1.807) is 0 Å². The van der Waals surface area contributed by atoms with Crippen LogP contribution in [0.1, 0.15) is 27.8 Å². The molecule has 0 radical (unpaired) electrons. The first-order valence-electron chi connectivity index (χ1n) is 13.6. The van der Waals surface area contributed by atoms with Gasteiger partial charge in [-0.1, -0.05) is 0 Å². The van der Waals surface area contributed by atoms with Gasteiger partial charge in [0.1, 0.15) is 52.5 Å². The van der Waals surface area contributed by atoms with E-state index in [4.69, 9.17) is 18.4 Å². The lowest BCUT2D eigenvalue weighted by Crippen LogP contribution is -2.31. The molecule has 0 heterocycles. The average Bonchev–Trinajstić information content (AvgIpc) is 3.61. The molecule has 0 saturated heterocycles. The fraction of sp³-hybridized carbons (Fsp3) is 0.125. The fourth-order valence-electron chi connectivity index (χ4n) is 5.68. The molecule has 3 aromatic rings. The highest BCUT2D eigenvalue weighted by molar-refractivity contribution is 5.92. The summed E-state index contributed by atoms with van der Waals surface area (Å²) in [5.74, 6) is -28.6. The third-order valence-electron chi connectivity index (χ3n) is 7.74. The number of benzene rings is 3. The molecule has 54 heavy (non-hydrogen) atoms. The Morgan fingerprint density at radius 2 is 1.00 bits per heavy atom. The predicted molar refractivity (Wildman–Crippen MR) is 145 cm³/mol. The van der Waals surface area contributed by atoms with Gasteiger partial charge in [-0.3, -0.25) is 0 Å². The van der Waals surface area contributed by atoms with Crippen LogP contribution >= 0.6 is 0 Å². The molecule has 2 aliphatic carbocycles. The Balaban J connectivity index is 1.98. The number of halogens is 16. The van der Waals surface area contributed by atoms with Gasteiger partial charge in [0.2, 0.25) is 5.70 Å². The Kier molecular flexibility index (Phi) is 9.33. The summed E-state index contributed by atoms with van der Waals surface area (Å²) in [5.41, 5.74) is -17.9. The molecular formula is C32H4F16N4O2. The smallest absolute Gasteiger partial charge is 0.405 e. The Bertz CT molecular complexity index is 2390. The zero-order chi connectivity index (χ0) is 40.5. The summed E-state index contributed by atoms with van der Waals surface area (Å²) in [5, 5.41) is 14.9. The van der Waals surface area contributed by atoms with Gasteiger partial charge in [0.25, 0.3) is 5.69 Å². The summed E-state index contributed by atoms with van der Waals surface area (Å²) in [6, 6.07) is 1.65. The van der Waals surface area contributed by atoms with Crippen molar-refractivity contribution in [3.63, 3.8) is 0 Å². The molecule has 0 amide bonds. The van der Waals surface area contributed by atoms with Crippen LogP contribution < -0.4 is 19.9 Å². The summed E-state index contributed by atoms with van der Waals surface area (Å²) in [4.78, 5) is 4.75. The molecule has 3 aromatic carbocycles.